The third-order valence-corrected chi connectivity index (χ3v) is 2.71. The number of rotatable bonds is 2. The van der Waals surface area contributed by atoms with Gasteiger partial charge < -0.3 is 10.2 Å². The molecule has 1 aliphatic heterocycles. The van der Waals surface area contributed by atoms with Crippen LogP contribution in [0, 0.1) is 0 Å². The Morgan fingerprint density at radius 2 is 2.00 bits per heavy atom. The van der Waals surface area contributed by atoms with Gasteiger partial charge in [0.25, 0.3) is 0 Å². The van der Waals surface area contributed by atoms with E-state index in [9.17, 15) is 9.59 Å². The lowest BCUT2D eigenvalue weighted by atomic mass is 10.2. The Kier molecular flexibility index (Phi) is 2.99. The van der Waals surface area contributed by atoms with Gasteiger partial charge in [-0.2, -0.15) is 0 Å². The highest BCUT2D eigenvalue weighted by atomic mass is 16.2. The molecule has 2 rings (SSSR count). The smallest absolute Gasteiger partial charge is 0.322 e. The largest absolute Gasteiger partial charge is 0.347 e. The zero-order chi connectivity index (χ0) is 12.4. The molecule has 1 atom stereocenters. The summed E-state index contributed by atoms with van der Waals surface area (Å²) in [6.07, 6.45) is 0. The molecule has 1 fully saturated rings. The number of likely N-dealkylation sites (N-methyl/N-ethyl adjacent to an activating group) is 1. The van der Waals surface area contributed by atoms with Crippen molar-refractivity contribution < 1.29 is 9.59 Å². The molecular formula is C12H15N3O2. The molecule has 1 saturated heterocycles. The van der Waals surface area contributed by atoms with E-state index in [0.717, 1.165) is 5.69 Å². The van der Waals surface area contributed by atoms with Crippen LogP contribution in [0.1, 0.15) is 0 Å². The Balaban J connectivity index is 2.14. The van der Waals surface area contributed by atoms with Gasteiger partial charge in [-0.25, -0.2) is 4.79 Å². The van der Waals surface area contributed by atoms with E-state index < -0.39 is 6.04 Å². The number of nitrogens with one attached hydrogen (secondary N) is 1. The minimum atomic E-state index is -0.460. The number of carbonyl (C=O) groups is 2. The Morgan fingerprint density at radius 1 is 1.35 bits per heavy atom. The fourth-order valence-corrected chi connectivity index (χ4v) is 1.82. The zero-order valence-corrected chi connectivity index (χ0v) is 9.88. The van der Waals surface area contributed by atoms with Gasteiger partial charge in [0.1, 0.15) is 6.04 Å². The topological polar surface area (TPSA) is 52.7 Å². The number of amides is 3. The van der Waals surface area contributed by atoms with E-state index in [1.165, 1.54) is 4.90 Å². The van der Waals surface area contributed by atoms with Gasteiger partial charge in [-0.05, 0) is 12.1 Å². The van der Waals surface area contributed by atoms with Crippen molar-refractivity contribution in [1.82, 2.24) is 10.2 Å². The molecule has 5 heteroatoms. The van der Waals surface area contributed by atoms with Crippen LogP contribution in [0.5, 0.6) is 0 Å². The van der Waals surface area contributed by atoms with Gasteiger partial charge in [0, 0.05) is 19.8 Å². The van der Waals surface area contributed by atoms with Crippen molar-refractivity contribution in [2.45, 2.75) is 6.04 Å². The van der Waals surface area contributed by atoms with Crippen LogP contribution < -0.4 is 10.2 Å². The second-order valence-corrected chi connectivity index (χ2v) is 4.18. The van der Waals surface area contributed by atoms with Gasteiger partial charge in [-0.1, -0.05) is 18.2 Å². The number of benzene rings is 1. The molecule has 17 heavy (non-hydrogen) atoms. The summed E-state index contributed by atoms with van der Waals surface area (Å²) in [6, 6.07) is 8.63. The summed E-state index contributed by atoms with van der Waals surface area (Å²) in [5.74, 6) is -0.0863. The van der Waals surface area contributed by atoms with Gasteiger partial charge in [-0.15, -0.1) is 0 Å². The molecule has 1 aliphatic rings. The third-order valence-electron chi connectivity index (χ3n) is 2.71. The van der Waals surface area contributed by atoms with E-state index in [1.807, 2.05) is 30.3 Å². The Morgan fingerprint density at radius 3 is 2.59 bits per heavy atom. The molecule has 0 bridgehead atoms. The van der Waals surface area contributed by atoms with E-state index in [4.69, 9.17) is 0 Å². The number of nitrogens with zero attached hydrogens (tertiary/aromatic N) is 2. The Bertz CT molecular complexity index is 431. The molecule has 5 nitrogen and oxygen atoms in total. The Labute approximate surface area is 100 Å². The minimum Gasteiger partial charge on any atom is -0.347 e. The number of hydrogen-bond acceptors (Lipinski definition) is 2. The molecule has 0 saturated carbocycles. The second-order valence-electron chi connectivity index (χ2n) is 4.18. The quantitative estimate of drug-likeness (QED) is 0.816. The molecule has 0 aromatic heterocycles. The van der Waals surface area contributed by atoms with Gasteiger partial charge in [0.2, 0.25) is 5.91 Å². The van der Waals surface area contributed by atoms with Crippen molar-refractivity contribution in [2.75, 3.05) is 25.5 Å². The van der Waals surface area contributed by atoms with Crippen molar-refractivity contribution in [1.29, 1.82) is 0 Å². The minimum absolute atomic E-state index is 0.0863. The van der Waals surface area contributed by atoms with Crippen molar-refractivity contribution >= 4 is 17.6 Å². The lowest BCUT2D eigenvalue weighted by molar-refractivity contribution is -0.130. The van der Waals surface area contributed by atoms with Crippen LogP contribution in [0.3, 0.4) is 0 Å². The fourth-order valence-electron chi connectivity index (χ4n) is 1.82. The predicted octanol–water partition coefficient (Wildman–Crippen LogP) is 0.673. The highest BCUT2D eigenvalue weighted by Gasteiger charge is 2.34. The highest BCUT2D eigenvalue weighted by Crippen LogP contribution is 2.17. The van der Waals surface area contributed by atoms with Gasteiger partial charge in [0.05, 0.1) is 6.54 Å². The highest BCUT2D eigenvalue weighted by molar-refractivity contribution is 6.00. The van der Waals surface area contributed by atoms with E-state index in [0.29, 0.717) is 6.54 Å². The first-order chi connectivity index (χ1) is 8.09. The van der Waals surface area contributed by atoms with Crippen LogP contribution >= 0.6 is 0 Å². The first-order valence-electron chi connectivity index (χ1n) is 5.44. The zero-order valence-electron chi connectivity index (χ0n) is 9.88. The third kappa shape index (κ3) is 2.22. The summed E-state index contributed by atoms with van der Waals surface area (Å²) in [6.45, 7) is 0.375. The van der Waals surface area contributed by atoms with Crippen molar-refractivity contribution in [3.63, 3.8) is 0 Å². The molecule has 0 aliphatic carbocycles. The average Bonchev–Trinajstić information content (AvgIpc) is 2.71. The van der Waals surface area contributed by atoms with Crippen LogP contribution in [-0.4, -0.2) is 43.5 Å². The normalized spacial score (nSPS) is 19.1. The van der Waals surface area contributed by atoms with Crippen LogP contribution in [0.4, 0.5) is 10.5 Å². The molecule has 1 heterocycles. The van der Waals surface area contributed by atoms with Crippen molar-refractivity contribution in [3.05, 3.63) is 30.3 Å². The van der Waals surface area contributed by atoms with Crippen LogP contribution in [0.2, 0.25) is 0 Å². The molecule has 1 unspecified atom stereocenters. The van der Waals surface area contributed by atoms with Crippen LogP contribution in [0.25, 0.3) is 0 Å². The van der Waals surface area contributed by atoms with Gasteiger partial charge in [0.15, 0.2) is 0 Å². The molecular weight excluding hydrogens is 218 g/mol. The molecule has 0 radical (unpaired) electrons. The summed E-state index contributed by atoms with van der Waals surface area (Å²) in [4.78, 5) is 26.6. The first kappa shape index (κ1) is 11.4. The maximum atomic E-state index is 11.8. The molecule has 3 amide bonds. The van der Waals surface area contributed by atoms with E-state index in [-0.39, 0.29) is 11.9 Å². The monoisotopic (exact) mass is 233 g/mol. The number of para-hydroxylation sites is 1. The van der Waals surface area contributed by atoms with Crippen LogP contribution in [0.15, 0.2) is 30.3 Å². The summed E-state index contributed by atoms with van der Waals surface area (Å²) in [5.41, 5.74) is 0.805. The van der Waals surface area contributed by atoms with E-state index >= 15 is 0 Å². The summed E-state index contributed by atoms with van der Waals surface area (Å²) < 4.78 is 0. The average molecular weight is 233 g/mol. The fraction of sp³-hybridized carbons (Fsp3) is 0.333. The number of hydrogen-bond donors (Lipinski definition) is 1. The SMILES string of the molecule is CN(C)C(=O)C1CN(c2ccccc2)C(=O)N1. The summed E-state index contributed by atoms with van der Waals surface area (Å²) in [7, 11) is 3.36. The van der Waals surface area contributed by atoms with Gasteiger partial charge in [-0.3, -0.25) is 9.69 Å². The predicted molar refractivity (Wildman–Crippen MR) is 64.8 cm³/mol. The molecule has 1 N–H and O–H groups in total. The molecule has 1 aromatic carbocycles. The maximum absolute atomic E-state index is 11.8. The van der Waals surface area contributed by atoms with Crippen molar-refractivity contribution in [2.24, 2.45) is 0 Å². The van der Waals surface area contributed by atoms with Crippen LogP contribution in [-0.2, 0) is 4.79 Å². The number of urea groups is 1. The van der Waals surface area contributed by atoms with Gasteiger partial charge >= 0.3 is 6.03 Å². The maximum Gasteiger partial charge on any atom is 0.322 e. The van der Waals surface area contributed by atoms with E-state index in [2.05, 4.69) is 5.32 Å². The number of anilines is 1. The molecule has 1 aromatic rings. The first-order valence-corrected chi connectivity index (χ1v) is 5.44. The molecule has 90 valence electrons. The van der Waals surface area contributed by atoms with E-state index in [1.54, 1.807) is 19.0 Å². The standard InChI is InChI=1S/C12H15N3O2/c1-14(2)11(16)10-8-15(12(17)13-10)9-6-4-3-5-7-9/h3-7,10H,8H2,1-2H3,(H,13,17). The summed E-state index contributed by atoms with van der Waals surface area (Å²) >= 11 is 0. The summed E-state index contributed by atoms with van der Waals surface area (Å²) in [5, 5.41) is 2.68. The van der Waals surface area contributed by atoms with Crippen molar-refractivity contribution in [3.8, 4) is 0 Å². The second kappa shape index (κ2) is 4.45. The molecule has 0 spiro atoms. The Hall–Kier alpha value is -2.04. The number of carbonyl (C=O) groups excluding carboxylic acids is 2. The lowest BCUT2D eigenvalue weighted by Crippen LogP contribution is -2.42. The lowest BCUT2D eigenvalue weighted by Gasteiger charge is -2.16.